The molecule has 0 radical (unpaired) electrons. The number of rotatable bonds is 16. The molecule has 0 saturated heterocycles. The number of carbonyl (C=O) groups is 1. The average Bonchev–Trinajstić information content (AvgIpc) is 4.30. The number of H-pyrrole nitrogens is 1. The molecule has 1 aromatic carbocycles. The van der Waals surface area contributed by atoms with Crippen molar-refractivity contribution in [3.05, 3.63) is 203 Å². The Bertz CT molecular complexity index is 3310. The van der Waals surface area contributed by atoms with Crippen LogP contribution in [0.2, 0.25) is 0 Å². The van der Waals surface area contributed by atoms with Gasteiger partial charge in [-0.25, -0.2) is 28.9 Å². The molecule has 3 N–H and O–H groups in total. The Morgan fingerprint density at radius 1 is 0.590 bits per heavy atom. The predicted octanol–water partition coefficient (Wildman–Crippen LogP) is 7.37. The van der Waals surface area contributed by atoms with E-state index in [4.69, 9.17) is 38.7 Å². The third-order valence-corrected chi connectivity index (χ3v) is 12.7. The van der Waals surface area contributed by atoms with E-state index in [1.165, 1.54) is 4.90 Å². The van der Waals surface area contributed by atoms with E-state index in [2.05, 4.69) is 120 Å². The average molecular weight is 1050 g/mol. The largest absolute Gasteiger partial charge is 0.545 e. The molecule has 0 atom stereocenters. The summed E-state index contributed by atoms with van der Waals surface area (Å²) in [6, 6.07) is 20.8. The first-order chi connectivity index (χ1) is 37.4. The molecule has 8 heterocycles. The lowest BCUT2D eigenvalue weighted by atomic mass is 9.97. The summed E-state index contributed by atoms with van der Waals surface area (Å²) in [7, 11) is 6.04. The van der Waals surface area contributed by atoms with Gasteiger partial charge in [-0.15, -0.1) is 0 Å². The van der Waals surface area contributed by atoms with Crippen LogP contribution in [0.3, 0.4) is 0 Å². The third kappa shape index (κ3) is 13.7. The fourth-order valence-corrected chi connectivity index (χ4v) is 9.03. The lowest BCUT2D eigenvalue weighted by Gasteiger charge is -2.26. The number of aliphatic hydroxyl groups excluding tert-OH is 1. The van der Waals surface area contributed by atoms with Crippen molar-refractivity contribution in [3.8, 4) is 5.75 Å². The number of benzene rings is 1. The van der Waals surface area contributed by atoms with Crippen LogP contribution in [0, 0.1) is 0 Å². The van der Waals surface area contributed by atoms with Crippen molar-refractivity contribution in [1.82, 2.24) is 14.8 Å². The summed E-state index contributed by atoms with van der Waals surface area (Å²) < 4.78 is 32.9. The Morgan fingerprint density at radius 3 is 1.60 bits per heavy atom. The second-order valence-corrected chi connectivity index (χ2v) is 21.2. The Hall–Kier alpha value is -8.47. The molecule has 16 nitrogen and oxygen atoms in total. The molecule has 0 saturated carbocycles. The number of amides is 1. The van der Waals surface area contributed by atoms with Gasteiger partial charge in [0.2, 0.25) is 0 Å². The number of pyridine rings is 2. The predicted molar refractivity (Wildman–Crippen MR) is 303 cm³/mol. The minimum Gasteiger partial charge on any atom is -0.491 e. The van der Waals surface area contributed by atoms with E-state index in [0.29, 0.717) is 32.2 Å². The summed E-state index contributed by atoms with van der Waals surface area (Å²) >= 11 is 0. The Morgan fingerprint density at radius 2 is 1.06 bits per heavy atom. The minimum atomic E-state index is -0.665. The topological polar surface area (TPSA) is 165 Å². The quantitative estimate of drug-likeness (QED) is 0.0454. The maximum absolute atomic E-state index is 13.0. The normalized spacial score (nSPS) is 16.2. The highest BCUT2D eigenvalue weighted by Crippen LogP contribution is 2.38. The molecule has 8 bridgehead atoms. The van der Waals surface area contributed by atoms with Crippen molar-refractivity contribution < 1.29 is 47.7 Å². The highest BCUT2D eigenvalue weighted by atomic mass is 16.6. The van der Waals surface area contributed by atoms with Gasteiger partial charge in [-0.1, -0.05) is 12.1 Å². The molecule has 0 aliphatic carbocycles. The van der Waals surface area contributed by atoms with Gasteiger partial charge in [0, 0.05) is 83.9 Å². The summed E-state index contributed by atoms with van der Waals surface area (Å²) in [6.07, 6.45) is 28.3. The standard InChI is InChI=1S/C62H68N9O7/c1-61(2,3)77-59(72)63-28-35-71(60(73)78-62(4,5)6)36-37-74-38-39-75-40-41-76-46-12-10-42(11-13-46)55-47-14-16-49(64-47)56(43-22-29-68(7)30-23-43)51-18-20-53(66-51)58(45-26-33-70(9)34-27-45)54-21-19-52(67-54)57(50-17-15-48(55)65-50)44-24-31-69(8)32-25-44/h10-27,29-34H,28,35-41H2,1-9H3,(H-,63,64,65,66,67,72)/q+1/p+2. The first kappa shape index (κ1) is 54.3. The number of nitrogens with one attached hydrogen (secondary N) is 2. The lowest BCUT2D eigenvalue weighted by Crippen LogP contribution is -2.76. The van der Waals surface area contributed by atoms with Crippen LogP contribution in [-0.2, 0) is 33.0 Å². The molecule has 0 spiro atoms. The molecule has 3 aromatic heterocycles. The number of ether oxygens (including phenoxy) is 5. The number of aliphatic hydroxyl groups is 1. The number of aromatic nitrogens is 3. The van der Waals surface area contributed by atoms with Crippen LogP contribution in [0.25, 0.3) is 16.7 Å². The van der Waals surface area contributed by atoms with E-state index < -0.39 is 17.3 Å². The molecule has 0 fully saturated rings. The summed E-state index contributed by atoms with van der Waals surface area (Å²) in [6.45, 7) is 13.4. The number of nitrogens with zero attached hydrogens (tertiary/aromatic N) is 7. The van der Waals surface area contributed by atoms with Crippen molar-refractivity contribution in [1.29, 1.82) is 0 Å². The molecule has 402 valence electrons. The van der Waals surface area contributed by atoms with Crippen LogP contribution >= 0.6 is 0 Å². The van der Waals surface area contributed by atoms with Gasteiger partial charge in [-0.3, -0.25) is 4.90 Å². The fourth-order valence-electron chi connectivity index (χ4n) is 9.03. The summed E-state index contributed by atoms with van der Waals surface area (Å²) in [4.78, 5) is 39.4. The van der Waals surface area contributed by atoms with E-state index >= 15 is 0 Å². The second-order valence-electron chi connectivity index (χ2n) is 21.2. The van der Waals surface area contributed by atoms with Crippen molar-refractivity contribution in [2.24, 2.45) is 29.1 Å². The van der Waals surface area contributed by atoms with Crippen LogP contribution in [0.4, 0.5) is 4.79 Å². The van der Waals surface area contributed by atoms with Crippen LogP contribution in [0.15, 0.2) is 190 Å². The van der Waals surface area contributed by atoms with Crippen LogP contribution in [0.1, 0.15) is 69.6 Å². The van der Waals surface area contributed by atoms with Gasteiger partial charge in [0.25, 0.3) is 0 Å². The van der Waals surface area contributed by atoms with Gasteiger partial charge >= 0.3 is 12.2 Å². The van der Waals surface area contributed by atoms with Gasteiger partial charge in [0.05, 0.1) is 67.2 Å². The third-order valence-electron chi connectivity index (χ3n) is 12.7. The van der Waals surface area contributed by atoms with Crippen LogP contribution < -0.4 is 18.9 Å². The van der Waals surface area contributed by atoms with Crippen LogP contribution in [-0.4, -0.2) is 120 Å². The summed E-state index contributed by atoms with van der Waals surface area (Å²) in [5.74, 6) is 0.695. The van der Waals surface area contributed by atoms with E-state index in [9.17, 15) is 9.90 Å². The number of allylic oxidation sites excluding steroid dienone is 11. The van der Waals surface area contributed by atoms with Crippen molar-refractivity contribution in [3.63, 3.8) is 0 Å². The SMILES string of the molecule is CN1C=CC(=C2C3=NC(=C(c4cc[n+](C)cc4)C4=NC(=C(c5ccc(OCCOCCOCCN(CC[NH+]=C(O)OC(C)(C)C)C(=O)OC(C)(C)C)cc5)c5ccc([nH]5)C(c5cc[n+](C)cc5)=C5C=CC2=N5)C=C4)C=C3)C=C1. The Balaban J connectivity index is 0.942. The summed E-state index contributed by atoms with van der Waals surface area (Å²) in [5.41, 5.74) is 13.1. The molecule has 4 aromatic rings. The number of aliphatic imine (C=N–C) groups is 3. The molecular formula is C62H70N9O7+3. The fraction of sp³-hybridized carbons (Fsp3) is 0.306. The highest BCUT2D eigenvalue weighted by Gasteiger charge is 2.29. The first-order valence-electron chi connectivity index (χ1n) is 26.3. The first-order valence-corrected chi connectivity index (χ1v) is 26.3. The minimum absolute atomic E-state index is 0.257. The van der Waals surface area contributed by atoms with Crippen molar-refractivity contribution in [2.45, 2.75) is 52.7 Å². The zero-order valence-electron chi connectivity index (χ0n) is 46.0. The molecular weight excluding hydrogens is 983 g/mol. The summed E-state index contributed by atoms with van der Waals surface area (Å²) in [5, 5.41) is 10.1. The second kappa shape index (κ2) is 23.8. The zero-order valence-corrected chi connectivity index (χ0v) is 46.0. The van der Waals surface area contributed by atoms with Gasteiger partial charge in [0.1, 0.15) is 37.7 Å². The Labute approximate surface area is 456 Å². The van der Waals surface area contributed by atoms with Crippen LogP contribution in [0.5, 0.6) is 5.75 Å². The smallest absolute Gasteiger partial charge is 0.491 e. The molecule has 5 aliphatic rings. The number of aromatic amines is 1. The van der Waals surface area contributed by atoms with Crippen molar-refractivity contribution >= 4 is 46.0 Å². The van der Waals surface area contributed by atoms with Gasteiger partial charge in [0.15, 0.2) is 31.3 Å². The molecule has 5 aliphatic heterocycles. The van der Waals surface area contributed by atoms with Gasteiger partial charge in [-0.05, 0) is 137 Å². The molecule has 78 heavy (non-hydrogen) atoms. The van der Waals surface area contributed by atoms with E-state index in [1.807, 2.05) is 114 Å². The monoisotopic (exact) mass is 1050 g/mol. The van der Waals surface area contributed by atoms with Gasteiger partial charge in [-0.2, -0.15) is 4.99 Å². The molecule has 9 rings (SSSR count). The molecule has 1 amide bonds. The number of aryl methyl sites for hydroxylation is 2. The van der Waals surface area contributed by atoms with E-state index in [1.54, 1.807) is 0 Å². The van der Waals surface area contributed by atoms with Crippen molar-refractivity contribution in [2.75, 3.05) is 59.7 Å². The number of carbonyl (C=O) groups excluding carboxylic acids is 1. The van der Waals surface area contributed by atoms with E-state index in [0.717, 1.165) is 90.2 Å². The lowest BCUT2D eigenvalue weighted by molar-refractivity contribution is -0.671. The van der Waals surface area contributed by atoms with Gasteiger partial charge < -0.3 is 38.7 Å². The highest BCUT2D eigenvalue weighted by molar-refractivity contribution is 6.36. The Kier molecular flexibility index (Phi) is 16.6. The number of fused-ring (bicyclic) bond motifs is 5. The zero-order chi connectivity index (χ0) is 55.0. The van der Waals surface area contributed by atoms with E-state index in [-0.39, 0.29) is 32.3 Å². The molecule has 16 heteroatoms. The number of hydrogen-bond donors (Lipinski definition) is 3. The maximum atomic E-state index is 13.0. The maximum Gasteiger partial charge on any atom is 0.545 e. The molecule has 0 unspecified atom stereocenters. The number of hydrogen-bond acceptors (Lipinski definition) is 10.